The smallest absolute Gasteiger partial charge is 0.300 e. The number of hydrogen-bond acceptors (Lipinski definition) is 2. The van der Waals surface area contributed by atoms with Gasteiger partial charge in [-0.25, -0.2) is 8.78 Å². The molecule has 2 nitrogen and oxygen atoms in total. The zero-order valence-corrected chi connectivity index (χ0v) is 7.05. The number of phenolic OH excluding ortho intramolecular Hbond substituents is 1. The van der Waals surface area contributed by atoms with Crippen molar-refractivity contribution in [3.63, 3.8) is 0 Å². The van der Waals surface area contributed by atoms with Crippen molar-refractivity contribution in [2.45, 2.75) is 6.43 Å². The molecule has 0 radical (unpaired) electrons. The number of alkyl halides is 2. The minimum Gasteiger partial charge on any atom is -0.507 e. The topological polar surface area (TPSA) is 37.3 Å². The van der Waals surface area contributed by atoms with Crippen LogP contribution in [0.4, 0.5) is 8.78 Å². The van der Waals surface area contributed by atoms with Crippen molar-refractivity contribution in [2.75, 3.05) is 0 Å². The Kier molecular flexibility index (Phi) is 2.83. The van der Waals surface area contributed by atoms with Crippen molar-refractivity contribution < 1.29 is 18.7 Å². The Labute approximate surface area is 77.8 Å². The van der Waals surface area contributed by atoms with Crippen LogP contribution in [0, 0.1) is 0 Å². The number of benzene rings is 1. The van der Waals surface area contributed by atoms with Gasteiger partial charge in [0.2, 0.25) is 5.78 Å². The highest BCUT2D eigenvalue weighted by Gasteiger charge is 2.23. The monoisotopic (exact) mass is 206 g/mol. The van der Waals surface area contributed by atoms with Crippen LogP contribution in [0.5, 0.6) is 5.75 Å². The minimum atomic E-state index is -3.16. The zero-order valence-electron chi connectivity index (χ0n) is 6.30. The summed E-state index contributed by atoms with van der Waals surface area (Å²) in [5.74, 6) is -2.00. The third kappa shape index (κ3) is 1.95. The highest BCUT2D eigenvalue weighted by molar-refractivity contribution is 6.34. The Bertz CT molecular complexity index is 319. The lowest BCUT2D eigenvalue weighted by atomic mass is 10.1. The molecule has 1 N–H and O–H groups in total. The van der Waals surface area contributed by atoms with E-state index in [-0.39, 0.29) is 5.02 Å². The molecule has 0 saturated carbocycles. The minimum absolute atomic E-state index is 0.176. The highest BCUT2D eigenvalue weighted by atomic mass is 35.5. The van der Waals surface area contributed by atoms with E-state index in [0.29, 0.717) is 0 Å². The van der Waals surface area contributed by atoms with Gasteiger partial charge in [-0.15, -0.1) is 0 Å². The van der Waals surface area contributed by atoms with Crippen molar-refractivity contribution in [1.82, 2.24) is 0 Å². The molecule has 0 aliphatic heterocycles. The Morgan fingerprint density at radius 2 is 2.08 bits per heavy atom. The molecule has 13 heavy (non-hydrogen) atoms. The number of carbonyl (C=O) groups is 1. The number of halogens is 3. The van der Waals surface area contributed by atoms with Gasteiger partial charge >= 0.3 is 6.43 Å². The molecule has 0 fully saturated rings. The molecule has 0 spiro atoms. The van der Waals surface area contributed by atoms with Crippen LogP contribution >= 0.6 is 11.6 Å². The van der Waals surface area contributed by atoms with E-state index in [2.05, 4.69) is 0 Å². The van der Waals surface area contributed by atoms with Crippen LogP contribution in [0.15, 0.2) is 18.2 Å². The molecule has 5 heteroatoms. The molecule has 1 rings (SSSR count). The Morgan fingerprint density at radius 1 is 1.46 bits per heavy atom. The van der Waals surface area contributed by atoms with Gasteiger partial charge in [0.05, 0.1) is 10.6 Å². The van der Waals surface area contributed by atoms with Crippen LogP contribution in [0.2, 0.25) is 5.02 Å². The second-order valence-corrected chi connectivity index (χ2v) is 2.71. The summed E-state index contributed by atoms with van der Waals surface area (Å²) in [6, 6.07) is 3.75. The molecule has 0 amide bonds. The first-order valence-corrected chi connectivity index (χ1v) is 3.71. The SMILES string of the molecule is O=C(c1c(O)cccc1Cl)C(F)F. The summed E-state index contributed by atoms with van der Waals surface area (Å²) in [6.45, 7) is 0. The van der Waals surface area contributed by atoms with Crippen molar-refractivity contribution in [3.8, 4) is 5.75 Å². The summed E-state index contributed by atoms with van der Waals surface area (Å²) in [5.41, 5.74) is -0.529. The van der Waals surface area contributed by atoms with E-state index in [9.17, 15) is 13.6 Å². The molecule has 0 aliphatic carbocycles. The third-order valence-corrected chi connectivity index (χ3v) is 1.75. The van der Waals surface area contributed by atoms with Crippen molar-refractivity contribution >= 4 is 17.4 Å². The van der Waals surface area contributed by atoms with Crippen molar-refractivity contribution in [3.05, 3.63) is 28.8 Å². The summed E-state index contributed by atoms with van der Waals surface area (Å²) in [5, 5.41) is 8.90. The van der Waals surface area contributed by atoms with Crippen LogP contribution in [-0.4, -0.2) is 17.3 Å². The number of ketones is 1. The number of hydrogen-bond donors (Lipinski definition) is 1. The number of Topliss-reactive ketones (excluding diaryl/α,β-unsaturated/α-hetero) is 1. The lowest BCUT2D eigenvalue weighted by Crippen LogP contribution is -2.10. The summed E-state index contributed by atoms with van der Waals surface area (Å²) >= 11 is 5.45. The maximum Gasteiger partial charge on any atom is 0.300 e. The second-order valence-electron chi connectivity index (χ2n) is 2.30. The quantitative estimate of drug-likeness (QED) is 0.755. The summed E-state index contributed by atoms with van der Waals surface area (Å²) in [4.78, 5) is 10.8. The van der Waals surface area contributed by atoms with Gasteiger partial charge < -0.3 is 5.11 Å². The van der Waals surface area contributed by atoms with E-state index in [0.717, 1.165) is 6.07 Å². The lowest BCUT2D eigenvalue weighted by molar-refractivity contribution is 0.0676. The van der Waals surface area contributed by atoms with E-state index in [4.69, 9.17) is 16.7 Å². The molecule has 70 valence electrons. The van der Waals surface area contributed by atoms with Gasteiger partial charge in [0.15, 0.2) is 0 Å². The maximum absolute atomic E-state index is 12.0. The summed E-state index contributed by atoms with van der Waals surface area (Å²) in [7, 11) is 0. The Balaban J connectivity index is 3.20. The number of rotatable bonds is 2. The van der Waals surface area contributed by atoms with Gasteiger partial charge in [0, 0.05) is 0 Å². The average molecular weight is 207 g/mol. The molecule has 0 aromatic heterocycles. The van der Waals surface area contributed by atoms with E-state index in [1.54, 1.807) is 0 Å². The predicted molar refractivity (Wildman–Crippen MR) is 43.5 cm³/mol. The average Bonchev–Trinajstić information content (AvgIpc) is 2.03. The highest BCUT2D eigenvalue weighted by Crippen LogP contribution is 2.27. The largest absolute Gasteiger partial charge is 0.507 e. The fourth-order valence-corrected chi connectivity index (χ4v) is 1.13. The first-order valence-electron chi connectivity index (χ1n) is 3.34. The Morgan fingerprint density at radius 3 is 2.54 bits per heavy atom. The van der Waals surface area contributed by atoms with E-state index in [1.807, 2.05) is 0 Å². The van der Waals surface area contributed by atoms with Gasteiger partial charge in [-0.05, 0) is 12.1 Å². The molecular formula is C8H5ClF2O2. The van der Waals surface area contributed by atoms with Crippen LogP contribution in [0.1, 0.15) is 10.4 Å². The summed E-state index contributed by atoms with van der Waals surface area (Å²) in [6.07, 6.45) is -3.16. The van der Waals surface area contributed by atoms with E-state index < -0.39 is 23.5 Å². The van der Waals surface area contributed by atoms with Gasteiger partial charge in [0.25, 0.3) is 0 Å². The number of phenols is 1. The molecule has 0 unspecified atom stereocenters. The van der Waals surface area contributed by atoms with E-state index in [1.165, 1.54) is 12.1 Å². The van der Waals surface area contributed by atoms with E-state index >= 15 is 0 Å². The molecule has 1 aromatic carbocycles. The van der Waals surface area contributed by atoms with Crippen molar-refractivity contribution in [2.24, 2.45) is 0 Å². The predicted octanol–water partition coefficient (Wildman–Crippen LogP) is 2.49. The molecule has 0 atom stereocenters. The summed E-state index contributed by atoms with van der Waals surface area (Å²) < 4.78 is 23.9. The molecule has 0 bridgehead atoms. The zero-order chi connectivity index (χ0) is 10.0. The standard InChI is InChI=1S/C8H5ClF2O2/c9-4-2-1-3-5(12)6(4)7(13)8(10)11/h1-3,8,12H. The van der Waals surface area contributed by atoms with Crippen LogP contribution in [0.25, 0.3) is 0 Å². The van der Waals surface area contributed by atoms with Crippen LogP contribution in [-0.2, 0) is 0 Å². The normalized spacial score (nSPS) is 10.5. The molecule has 0 saturated heterocycles. The second kappa shape index (κ2) is 3.70. The molecule has 0 heterocycles. The number of aromatic hydroxyl groups is 1. The molecular weight excluding hydrogens is 202 g/mol. The van der Waals surface area contributed by atoms with Crippen molar-refractivity contribution in [1.29, 1.82) is 0 Å². The number of carbonyl (C=O) groups excluding carboxylic acids is 1. The van der Waals surface area contributed by atoms with Gasteiger partial charge in [-0.1, -0.05) is 17.7 Å². The fourth-order valence-electron chi connectivity index (χ4n) is 0.866. The third-order valence-electron chi connectivity index (χ3n) is 1.44. The van der Waals surface area contributed by atoms with Crippen LogP contribution < -0.4 is 0 Å². The first-order chi connectivity index (χ1) is 6.04. The van der Waals surface area contributed by atoms with Crippen LogP contribution in [0.3, 0.4) is 0 Å². The fraction of sp³-hybridized carbons (Fsp3) is 0.125. The van der Waals surface area contributed by atoms with Gasteiger partial charge in [0.1, 0.15) is 5.75 Å². The molecule has 1 aromatic rings. The molecule has 0 aliphatic rings. The van der Waals surface area contributed by atoms with Gasteiger partial charge in [-0.2, -0.15) is 0 Å². The lowest BCUT2D eigenvalue weighted by Gasteiger charge is -2.04. The first kappa shape index (κ1) is 9.92. The Hall–Kier alpha value is -1.16. The van der Waals surface area contributed by atoms with Gasteiger partial charge in [-0.3, -0.25) is 4.79 Å². The maximum atomic E-state index is 12.0.